The maximum atomic E-state index is 12.6. The standard InChI is InChI=1S/C17H22N4O2S/c22-14-1-2-17(3-6-18-14)4-7-20(8-5-17)15(23)11-13-12-21-9-10-24-16(21)19-13/h9-10,12H,1-8,11H2,(H,18,22). The number of nitrogens with one attached hydrogen (secondary N) is 1. The summed E-state index contributed by atoms with van der Waals surface area (Å²) < 4.78 is 1.97. The van der Waals surface area contributed by atoms with Gasteiger partial charge in [0.15, 0.2) is 4.96 Å². The van der Waals surface area contributed by atoms with Crippen LogP contribution in [-0.4, -0.2) is 45.7 Å². The number of thiazole rings is 1. The van der Waals surface area contributed by atoms with Gasteiger partial charge in [-0.15, -0.1) is 11.3 Å². The van der Waals surface area contributed by atoms with Gasteiger partial charge in [0.1, 0.15) is 0 Å². The summed E-state index contributed by atoms with van der Waals surface area (Å²) in [5.74, 6) is 0.337. The molecule has 2 amide bonds. The normalized spacial score (nSPS) is 21.0. The molecule has 2 aliphatic rings. The van der Waals surface area contributed by atoms with Gasteiger partial charge in [-0.2, -0.15) is 0 Å². The van der Waals surface area contributed by atoms with Crippen LogP contribution in [0, 0.1) is 5.41 Å². The lowest BCUT2D eigenvalue weighted by atomic mass is 9.73. The summed E-state index contributed by atoms with van der Waals surface area (Å²) in [6.07, 6.45) is 8.92. The van der Waals surface area contributed by atoms with E-state index in [4.69, 9.17) is 0 Å². The number of piperidine rings is 1. The summed E-state index contributed by atoms with van der Waals surface area (Å²) in [5, 5.41) is 4.95. The first-order valence-corrected chi connectivity index (χ1v) is 9.47. The van der Waals surface area contributed by atoms with Crippen LogP contribution in [0.1, 0.15) is 37.8 Å². The maximum Gasteiger partial charge on any atom is 0.228 e. The minimum absolute atomic E-state index is 0.165. The van der Waals surface area contributed by atoms with Crippen LogP contribution in [-0.2, 0) is 16.0 Å². The molecule has 0 saturated carbocycles. The van der Waals surface area contributed by atoms with Crippen molar-refractivity contribution >= 4 is 28.1 Å². The Labute approximate surface area is 144 Å². The highest BCUT2D eigenvalue weighted by Crippen LogP contribution is 2.40. The number of rotatable bonds is 2. The van der Waals surface area contributed by atoms with Crippen molar-refractivity contribution < 1.29 is 9.59 Å². The molecule has 128 valence electrons. The Hall–Kier alpha value is -1.89. The van der Waals surface area contributed by atoms with Gasteiger partial charge in [0.25, 0.3) is 0 Å². The minimum atomic E-state index is 0.165. The average Bonchev–Trinajstić information content (AvgIpc) is 3.10. The van der Waals surface area contributed by atoms with Crippen LogP contribution in [0.5, 0.6) is 0 Å². The summed E-state index contributed by atoms with van der Waals surface area (Å²) in [7, 11) is 0. The van der Waals surface area contributed by atoms with Gasteiger partial charge in [0.2, 0.25) is 11.8 Å². The second kappa shape index (κ2) is 6.20. The number of hydrogen-bond acceptors (Lipinski definition) is 4. The quantitative estimate of drug-likeness (QED) is 0.902. The number of fused-ring (bicyclic) bond motifs is 1. The van der Waals surface area contributed by atoms with Crippen LogP contribution in [0.15, 0.2) is 17.8 Å². The Morgan fingerprint density at radius 1 is 1.29 bits per heavy atom. The number of carbonyl (C=O) groups excluding carboxylic acids is 2. The van der Waals surface area contributed by atoms with E-state index < -0.39 is 0 Å². The molecule has 0 atom stereocenters. The van der Waals surface area contributed by atoms with E-state index in [1.165, 1.54) is 0 Å². The molecular formula is C17H22N4O2S. The fourth-order valence-electron chi connectivity index (χ4n) is 3.92. The predicted octanol–water partition coefficient (Wildman–Crippen LogP) is 1.85. The largest absolute Gasteiger partial charge is 0.356 e. The van der Waals surface area contributed by atoms with Crippen LogP contribution in [0.3, 0.4) is 0 Å². The molecule has 2 aliphatic heterocycles. The van der Waals surface area contributed by atoms with Crippen molar-refractivity contribution in [2.45, 2.75) is 38.5 Å². The van der Waals surface area contributed by atoms with E-state index in [0.717, 1.165) is 56.0 Å². The molecule has 2 fully saturated rings. The number of amides is 2. The van der Waals surface area contributed by atoms with Crippen molar-refractivity contribution in [2.24, 2.45) is 5.41 Å². The van der Waals surface area contributed by atoms with Gasteiger partial charge in [-0.05, 0) is 31.1 Å². The van der Waals surface area contributed by atoms with E-state index in [1.807, 2.05) is 27.1 Å². The SMILES string of the molecule is O=C1CCC2(CCN1)CCN(C(=O)Cc1cn3ccsc3n1)CC2. The van der Waals surface area contributed by atoms with Gasteiger partial charge in [0, 0.05) is 43.8 Å². The van der Waals surface area contributed by atoms with E-state index in [-0.39, 0.29) is 17.2 Å². The molecule has 0 unspecified atom stereocenters. The van der Waals surface area contributed by atoms with Crippen molar-refractivity contribution in [1.29, 1.82) is 0 Å². The third-order valence-corrected chi connectivity index (χ3v) is 6.28. The van der Waals surface area contributed by atoms with Crippen LogP contribution in [0.4, 0.5) is 0 Å². The second-order valence-corrected chi connectivity index (χ2v) is 7.86. The van der Waals surface area contributed by atoms with Crippen molar-refractivity contribution in [2.75, 3.05) is 19.6 Å². The molecular weight excluding hydrogens is 324 g/mol. The molecule has 0 radical (unpaired) electrons. The van der Waals surface area contributed by atoms with Gasteiger partial charge in [-0.3, -0.25) is 14.0 Å². The van der Waals surface area contributed by atoms with Gasteiger partial charge in [-0.25, -0.2) is 4.98 Å². The summed E-state index contributed by atoms with van der Waals surface area (Å²) >= 11 is 1.58. The molecule has 0 aromatic carbocycles. The zero-order valence-corrected chi connectivity index (χ0v) is 14.5. The molecule has 0 aliphatic carbocycles. The molecule has 4 heterocycles. The number of aromatic nitrogens is 2. The first kappa shape index (κ1) is 15.6. The first-order chi connectivity index (χ1) is 11.6. The van der Waals surface area contributed by atoms with E-state index >= 15 is 0 Å². The molecule has 0 bridgehead atoms. The summed E-state index contributed by atoms with van der Waals surface area (Å²) in [6.45, 7) is 2.38. The lowest BCUT2D eigenvalue weighted by Crippen LogP contribution is -2.44. The minimum Gasteiger partial charge on any atom is -0.356 e. The number of nitrogens with zero attached hydrogens (tertiary/aromatic N) is 3. The summed E-state index contributed by atoms with van der Waals surface area (Å²) in [5.41, 5.74) is 1.09. The van der Waals surface area contributed by atoms with Gasteiger partial charge in [-0.1, -0.05) is 0 Å². The molecule has 2 aromatic rings. The predicted molar refractivity (Wildman–Crippen MR) is 91.9 cm³/mol. The monoisotopic (exact) mass is 346 g/mol. The van der Waals surface area contributed by atoms with Gasteiger partial charge >= 0.3 is 0 Å². The van der Waals surface area contributed by atoms with Crippen LogP contribution in [0.25, 0.3) is 4.96 Å². The fraction of sp³-hybridized carbons (Fsp3) is 0.588. The maximum absolute atomic E-state index is 12.6. The molecule has 7 heteroatoms. The van der Waals surface area contributed by atoms with Crippen LogP contribution in [0.2, 0.25) is 0 Å². The Morgan fingerprint density at radius 3 is 2.92 bits per heavy atom. The first-order valence-electron chi connectivity index (χ1n) is 8.59. The smallest absolute Gasteiger partial charge is 0.228 e. The summed E-state index contributed by atoms with van der Waals surface area (Å²) in [6, 6.07) is 0. The Kier molecular flexibility index (Phi) is 4.04. The zero-order valence-electron chi connectivity index (χ0n) is 13.7. The Bertz CT molecular complexity index is 729. The topological polar surface area (TPSA) is 66.7 Å². The second-order valence-electron chi connectivity index (χ2n) is 6.98. The number of hydrogen-bond donors (Lipinski definition) is 1. The van der Waals surface area contributed by atoms with E-state index in [0.29, 0.717) is 12.8 Å². The van der Waals surface area contributed by atoms with Gasteiger partial charge < -0.3 is 10.2 Å². The van der Waals surface area contributed by atoms with Crippen LogP contribution >= 0.6 is 11.3 Å². The van der Waals surface area contributed by atoms with E-state index in [2.05, 4.69) is 10.3 Å². The lowest BCUT2D eigenvalue weighted by Gasteiger charge is -2.41. The number of imidazole rings is 1. The molecule has 1 N–H and O–H groups in total. The molecule has 2 aromatic heterocycles. The van der Waals surface area contributed by atoms with Crippen molar-refractivity contribution in [3.63, 3.8) is 0 Å². The molecule has 1 spiro atoms. The highest BCUT2D eigenvalue weighted by Gasteiger charge is 2.37. The highest BCUT2D eigenvalue weighted by atomic mass is 32.1. The number of likely N-dealkylation sites (tertiary alicyclic amines) is 1. The van der Waals surface area contributed by atoms with Gasteiger partial charge in [0.05, 0.1) is 12.1 Å². The molecule has 2 saturated heterocycles. The van der Waals surface area contributed by atoms with E-state index in [9.17, 15) is 9.59 Å². The summed E-state index contributed by atoms with van der Waals surface area (Å²) in [4.78, 5) is 31.5. The van der Waals surface area contributed by atoms with Crippen molar-refractivity contribution in [1.82, 2.24) is 19.6 Å². The molecule has 24 heavy (non-hydrogen) atoms. The molecule has 6 nitrogen and oxygen atoms in total. The number of carbonyl (C=O) groups is 2. The third kappa shape index (κ3) is 3.05. The van der Waals surface area contributed by atoms with Crippen LogP contribution < -0.4 is 5.32 Å². The Morgan fingerprint density at radius 2 is 2.12 bits per heavy atom. The lowest BCUT2D eigenvalue weighted by molar-refractivity contribution is -0.133. The van der Waals surface area contributed by atoms with Crippen molar-refractivity contribution in [3.8, 4) is 0 Å². The third-order valence-electron chi connectivity index (χ3n) is 5.51. The molecule has 4 rings (SSSR count). The van der Waals surface area contributed by atoms with Crippen molar-refractivity contribution in [3.05, 3.63) is 23.5 Å². The average molecular weight is 346 g/mol. The zero-order chi connectivity index (χ0) is 16.6. The highest BCUT2D eigenvalue weighted by molar-refractivity contribution is 7.15. The Balaban J connectivity index is 1.35. The fourth-order valence-corrected chi connectivity index (χ4v) is 4.64. The van der Waals surface area contributed by atoms with E-state index in [1.54, 1.807) is 11.3 Å².